The molecule has 0 atom stereocenters. The molecule has 0 bridgehead atoms. The molecule has 166 valence electrons. The highest BCUT2D eigenvalue weighted by Crippen LogP contribution is 2.38. The summed E-state index contributed by atoms with van der Waals surface area (Å²) in [6.45, 7) is 7.63. The van der Waals surface area contributed by atoms with E-state index in [2.05, 4.69) is 30.5 Å². The number of alkyl halides is 3. The summed E-state index contributed by atoms with van der Waals surface area (Å²) in [6, 6.07) is 6.12. The molecule has 0 unspecified atom stereocenters. The van der Waals surface area contributed by atoms with Gasteiger partial charge in [0, 0.05) is 35.5 Å². The van der Waals surface area contributed by atoms with Crippen molar-refractivity contribution in [1.29, 1.82) is 0 Å². The van der Waals surface area contributed by atoms with Crippen LogP contribution in [-0.4, -0.2) is 14.8 Å². The highest BCUT2D eigenvalue weighted by molar-refractivity contribution is 7.98. The third-order valence-corrected chi connectivity index (χ3v) is 6.17. The van der Waals surface area contributed by atoms with Crippen molar-refractivity contribution < 1.29 is 17.6 Å². The minimum atomic E-state index is -4.67. The summed E-state index contributed by atoms with van der Waals surface area (Å²) in [7, 11) is 0. The number of hydrogen-bond acceptors (Lipinski definition) is 3. The highest BCUT2D eigenvalue weighted by Gasteiger charge is 2.34. The topological polar surface area (TPSA) is 29.9 Å². The number of halogens is 4. The SMILES string of the molecule is CC(C)(C)Cn1cc(CNSC2CC2)c2ccc(-c3ccc(F)cc3C(F)(F)F)nc21. The second kappa shape index (κ2) is 8.13. The van der Waals surface area contributed by atoms with Gasteiger partial charge in [0.05, 0.1) is 11.3 Å². The van der Waals surface area contributed by atoms with Gasteiger partial charge in [-0.05, 0) is 54.2 Å². The molecule has 0 radical (unpaired) electrons. The van der Waals surface area contributed by atoms with Crippen LogP contribution in [-0.2, 0) is 19.3 Å². The number of nitrogens with one attached hydrogen (secondary N) is 1. The number of benzene rings is 1. The monoisotopic (exact) mass is 451 g/mol. The number of pyridine rings is 1. The Balaban J connectivity index is 1.78. The van der Waals surface area contributed by atoms with E-state index >= 15 is 0 Å². The van der Waals surface area contributed by atoms with Gasteiger partial charge in [-0.2, -0.15) is 13.2 Å². The van der Waals surface area contributed by atoms with Crippen molar-refractivity contribution in [3.05, 3.63) is 53.5 Å². The maximum absolute atomic E-state index is 13.5. The quantitative estimate of drug-likeness (QED) is 0.330. The first-order valence-corrected chi connectivity index (χ1v) is 11.1. The lowest BCUT2D eigenvalue weighted by molar-refractivity contribution is -0.137. The minimum Gasteiger partial charge on any atom is -0.332 e. The molecule has 1 fully saturated rings. The summed E-state index contributed by atoms with van der Waals surface area (Å²) in [5.74, 6) is -0.921. The fourth-order valence-electron chi connectivity index (χ4n) is 3.56. The van der Waals surface area contributed by atoms with Crippen LogP contribution in [0.25, 0.3) is 22.3 Å². The van der Waals surface area contributed by atoms with E-state index in [0.29, 0.717) is 30.1 Å². The van der Waals surface area contributed by atoms with Crippen molar-refractivity contribution in [3.63, 3.8) is 0 Å². The summed E-state index contributed by atoms with van der Waals surface area (Å²) >= 11 is 1.73. The Labute approximate surface area is 183 Å². The van der Waals surface area contributed by atoms with Crippen molar-refractivity contribution in [2.75, 3.05) is 0 Å². The number of rotatable bonds is 6. The van der Waals surface area contributed by atoms with E-state index in [1.54, 1.807) is 18.0 Å². The molecule has 4 rings (SSSR count). The van der Waals surface area contributed by atoms with Crippen molar-refractivity contribution in [1.82, 2.24) is 14.3 Å². The molecule has 0 spiro atoms. The molecule has 2 heterocycles. The second-order valence-corrected chi connectivity index (χ2v) is 10.4. The van der Waals surface area contributed by atoms with Crippen LogP contribution >= 0.6 is 11.9 Å². The Morgan fingerprint density at radius 2 is 1.87 bits per heavy atom. The molecule has 1 N–H and O–H groups in total. The fourth-order valence-corrected chi connectivity index (χ4v) is 4.40. The van der Waals surface area contributed by atoms with Crippen LogP contribution in [0, 0.1) is 11.2 Å². The Bertz CT molecular complexity index is 1090. The smallest absolute Gasteiger partial charge is 0.332 e. The normalized spacial score (nSPS) is 15.1. The van der Waals surface area contributed by atoms with E-state index < -0.39 is 17.6 Å². The average molecular weight is 452 g/mol. The largest absolute Gasteiger partial charge is 0.417 e. The predicted octanol–water partition coefficient (Wildman–Crippen LogP) is 6.81. The first-order chi connectivity index (χ1) is 14.5. The lowest BCUT2D eigenvalue weighted by atomic mass is 9.97. The zero-order valence-corrected chi connectivity index (χ0v) is 18.5. The van der Waals surface area contributed by atoms with Crippen molar-refractivity contribution >= 4 is 23.0 Å². The second-order valence-electron chi connectivity index (χ2n) is 9.24. The van der Waals surface area contributed by atoms with Crippen LogP contribution in [0.3, 0.4) is 0 Å². The lowest BCUT2D eigenvalue weighted by Gasteiger charge is -2.19. The van der Waals surface area contributed by atoms with Crippen molar-refractivity contribution in [2.45, 2.75) is 58.1 Å². The first kappa shape index (κ1) is 22.1. The van der Waals surface area contributed by atoms with Crippen LogP contribution in [0.1, 0.15) is 44.7 Å². The van der Waals surface area contributed by atoms with Crippen molar-refractivity contribution in [2.24, 2.45) is 5.41 Å². The van der Waals surface area contributed by atoms with Gasteiger partial charge >= 0.3 is 6.18 Å². The molecule has 1 saturated carbocycles. The van der Waals surface area contributed by atoms with Crippen LogP contribution in [0.5, 0.6) is 0 Å². The van der Waals surface area contributed by atoms with Gasteiger partial charge < -0.3 is 4.57 Å². The molecule has 2 aromatic heterocycles. The number of fused-ring (bicyclic) bond motifs is 1. The molecule has 8 heteroatoms. The van der Waals surface area contributed by atoms with Gasteiger partial charge in [-0.25, -0.2) is 9.37 Å². The van der Waals surface area contributed by atoms with Crippen LogP contribution in [0.4, 0.5) is 17.6 Å². The Hall–Kier alpha value is -2.06. The maximum Gasteiger partial charge on any atom is 0.417 e. The van der Waals surface area contributed by atoms with Gasteiger partial charge in [-0.15, -0.1) is 0 Å². The van der Waals surface area contributed by atoms with Gasteiger partial charge in [-0.3, -0.25) is 4.72 Å². The molecular formula is C23H25F4N3S. The molecule has 0 aliphatic heterocycles. The molecule has 1 aromatic carbocycles. The minimum absolute atomic E-state index is 0.0376. The molecule has 3 nitrogen and oxygen atoms in total. The molecule has 1 aliphatic carbocycles. The fraction of sp³-hybridized carbons (Fsp3) is 0.435. The summed E-state index contributed by atoms with van der Waals surface area (Å²) in [5, 5.41) is 1.58. The number of nitrogens with zero attached hydrogens (tertiary/aromatic N) is 2. The summed E-state index contributed by atoms with van der Waals surface area (Å²) in [4.78, 5) is 4.62. The van der Waals surface area contributed by atoms with E-state index in [4.69, 9.17) is 0 Å². The Morgan fingerprint density at radius 3 is 2.52 bits per heavy atom. The molecule has 0 saturated heterocycles. The number of hydrogen-bond donors (Lipinski definition) is 1. The van der Waals surface area contributed by atoms with E-state index in [9.17, 15) is 17.6 Å². The van der Waals surface area contributed by atoms with E-state index in [0.717, 1.165) is 23.1 Å². The van der Waals surface area contributed by atoms with Crippen LogP contribution in [0.15, 0.2) is 36.5 Å². The number of aromatic nitrogens is 2. The average Bonchev–Trinajstić information content (AvgIpc) is 3.43. The van der Waals surface area contributed by atoms with E-state index in [-0.39, 0.29) is 16.7 Å². The van der Waals surface area contributed by atoms with Crippen LogP contribution < -0.4 is 4.72 Å². The summed E-state index contributed by atoms with van der Waals surface area (Å²) < 4.78 is 59.6. The molecular weight excluding hydrogens is 426 g/mol. The van der Waals surface area contributed by atoms with Gasteiger partial charge in [-0.1, -0.05) is 32.7 Å². The predicted molar refractivity (Wildman–Crippen MR) is 117 cm³/mol. The van der Waals surface area contributed by atoms with Gasteiger partial charge in [0.15, 0.2) is 0 Å². The third-order valence-electron chi connectivity index (χ3n) is 5.05. The first-order valence-electron chi connectivity index (χ1n) is 10.3. The van der Waals surface area contributed by atoms with E-state index in [1.165, 1.54) is 12.8 Å². The van der Waals surface area contributed by atoms with Gasteiger partial charge in [0.25, 0.3) is 0 Å². The van der Waals surface area contributed by atoms with E-state index in [1.807, 2.05) is 16.8 Å². The molecule has 3 aromatic rings. The summed E-state index contributed by atoms with van der Waals surface area (Å²) in [5.41, 5.74) is 0.698. The van der Waals surface area contributed by atoms with Crippen LogP contribution in [0.2, 0.25) is 0 Å². The Morgan fingerprint density at radius 1 is 1.13 bits per heavy atom. The molecule has 1 aliphatic rings. The zero-order chi connectivity index (χ0) is 22.4. The third kappa shape index (κ3) is 5.23. The zero-order valence-electron chi connectivity index (χ0n) is 17.7. The maximum atomic E-state index is 13.5. The Kier molecular flexibility index (Phi) is 5.81. The standard InChI is InChI=1S/C23H25F4N3S/c1-22(2,3)13-30-12-14(11-28-31-16-5-6-16)17-8-9-20(29-21(17)30)18-7-4-15(24)10-19(18)23(25,26)27/h4,7-10,12,16,28H,5-6,11,13H2,1-3H3. The molecule has 31 heavy (non-hydrogen) atoms. The summed E-state index contributed by atoms with van der Waals surface area (Å²) in [6.07, 6.45) is -0.180. The van der Waals surface area contributed by atoms with Crippen molar-refractivity contribution in [3.8, 4) is 11.3 Å². The lowest BCUT2D eigenvalue weighted by Crippen LogP contribution is -2.15. The highest BCUT2D eigenvalue weighted by atomic mass is 32.2. The van der Waals surface area contributed by atoms with Gasteiger partial charge in [0.2, 0.25) is 0 Å². The molecule has 0 amide bonds. The van der Waals surface area contributed by atoms with Gasteiger partial charge in [0.1, 0.15) is 11.5 Å².